The molecule has 0 aliphatic carbocycles. The Morgan fingerprint density at radius 2 is 1.89 bits per heavy atom. The smallest absolute Gasteiger partial charge is 0.409 e. The SMILES string of the molecule is O=C(Oc1ccccc1)N(O)Cc1ccccn1. The van der Waals surface area contributed by atoms with E-state index < -0.39 is 6.09 Å². The van der Waals surface area contributed by atoms with Crippen molar-refractivity contribution in [2.24, 2.45) is 0 Å². The van der Waals surface area contributed by atoms with E-state index in [9.17, 15) is 10.0 Å². The molecule has 92 valence electrons. The minimum absolute atomic E-state index is 0.0213. The Balaban J connectivity index is 1.93. The number of aromatic nitrogens is 1. The third-order valence-corrected chi connectivity index (χ3v) is 2.20. The Morgan fingerprint density at radius 3 is 2.56 bits per heavy atom. The molecule has 2 aromatic rings. The van der Waals surface area contributed by atoms with E-state index in [4.69, 9.17) is 4.74 Å². The summed E-state index contributed by atoms with van der Waals surface area (Å²) in [5.41, 5.74) is 0.574. The molecule has 1 N–H and O–H groups in total. The second-order valence-electron chi connectivity index (χ2n) is 3.56. The van der Waals surface area contributed by atoms with Crippen molar-refractivity contribution in [2.75, 3.05) is 0 Å². The Bertz CT molecular complexity index is 502. The van der Waals surface area contributed by atoms with Gasteiger partial charge in [-0.3, -0.25) is 10.2 Å². The van der Waals surface area contributed by atoms with Gasteiger partial charge in [-0.15, -0.1) is 0 Å². The third-order valence-electron chi connectivity index (χ3n) is 2.20. The number of ether oxygens (including phenoxy) is 1. The van der Waals surface area contributed by atoms with Crippen LogP contribution in [0, 0.1) is 0 Å². The molecule has 0 aliphatic heterocycles. The first-order valence-corrected chi connectivity index (χ1v) is 5.39. The second kappa shape index (κ2) is 5.79. The van der Waals surface area contributed by atoms with Crippen LogP contribution in [-0.2, 0) is 6.54 Å². The molecule has 1 aromatic carbocycles. The number of hydroxylamine groups is 2. The van der Waals surface area contributed by atoms with Crippen LogP contribution in [0.1, 0.15) is 5.69 Å². The van der Waals surface area contributed by atoms with Crippen molar-refractivity contribution < 1.29 is 14.7 Å². The fourth-order valence-corrected chi connectivity index (χ4v) is 1.35. The highest BCUT2D eigenvalue weighted by Gasteiger charge is 2.14. The normalized spacial score (nSPS) is 9.83. The Morgan fingerprint density at radius 1 is 1.17 bits per heavy atom. The van der Waals surface area contributed by atoms with Crippen molar-refractivity contribution in [2.45, 2.75) is 6.54 Å². The van der Waals surface area contributed by atoms with Crippen molar-refractivity contribution in [3.8, 4) is 5.75 Å². The fourth-order valence-electron chi connectivity index (χ4n) is 1.35. The van der Waals surface area contributed by atoms with Gasteiger partial charge in [0.05, 0.1) is 12.2 Å². The van der Waals surface area contributed by atoms with E-state index in [2.05, 4.69) is 4.98 Å². The van der Waals surface area contributed by atoms with Crippen molar-refractivity contribution in [1.29, 1.82) is 0 Å². The molecular formula is C13H12N2O3. The quantitative estimate of drug-likeness (QED) is 0.665. The number of hydrogen-bond donors (Lipinski definition) is 1. The lowest BCUT2D eigenvalue weighted by Gasteiger charge is -2.14. The number of para-hydroxylation sites is 1. The van der Waals surface area contributed by atoms with Gasteiger partial charge in [0.15, 0.2) is 0 Å². The Kier molecular flexibility index (Phi) is 3.88. The highest BCUT2D eigenvalue weighted by atomic mass is 16.6. The lowest BCUT2D eigenvalue weighted by molar-refractivity contribution is -0.0684. The lowest BCUT2D eigenvalue weighted by atomic mass is 10.3. The molecule has 1 aromatic heterocycles. The van der Waals surface area contributed by atoms with Gasteiger partial charge in [0.25, 0.3) is 0 Å². The molecule has 0 atom stereocenters. The number of carbonyl (C=O) groups excluding carboxylic acids is 1. The van der Waals surface area contributed by atoms with Crippen LogP contribution < -0.4 is 4.74 Å². The molecule has 0 fully saturated rings. The largest absolute Gasteiger partial charge is 0.439 e. The predicted octanol–water partition coefficient (Wildman–Crippen LogP) is 2.47. The molecule has 0 bridgehead atoms. The average molecular weight is 244 g/mol. The molecule has 2 rings (SSSR count). The topological polar surface area (TPSA) is 62.7 Å². The standard InChI is InChI=1S/C13H12N2O3/c16-13(18-12-7-2-1-3-8-12)15(17)10-11-6-4-5-9-14-11/h1-9,17H,10H2. The maximum Gasteiger partial charge on any atom is 0.439 e. The van der Waals surface area contributed by atoms with Crippen molar-refractivity contribution >= 4 is 6.09 Å². The summed E-state index contributed by atoms with van der Waals surface area (Å²) < 4.78 is 4.96. The summed E-state index contributed by atoms with van der Waals surface area (Å²) in [7, 11) is 0. The summed E-state index contributed by atoms with van der Waals surface area (Å²) in [6.07, 6.45) is 0.748. The minimum atomic E-state index is -0.841. The summed E-state index contributed by atoms with van der Waals surface area (Å²) in [5, 5.41) is 10.0. The van der Waals surface area contributed by atoms with Crippen LogP contribution in [0.5, 0.6) is 5.75 Å². The molecule has 0 spiro atoms. The summed E-state index contributed by atoms with van der Waals surface area (Å²) >= 11 is 0. The molecule has 1 heterocycles. The van der Waals surface area contributed by atoms with Gasteiger partial charge in [0, 0.05) is 6.20 Å². The first-order chi connectivity index (χ1) is 8.75. The zero-order valence-electron chi connectivity index (χ0n) is 9.56. The van der Waals surface area contributed by atoms with E-state index >= 15 is 0 Å². The van der Waals surface area contributed by atoms with Crippen LogP contribution in [0.4, 0.5) is 4.79 Å². The van der Waals surface area contributed by atoms with E-state index in [1.54, 1.807) is 48.7 Å². The summed E-state index contributed by atoms with van der Waals surface area (Å²) in [4.78, 5) is 15.5. The van der Waals surface area contributed by atoms with Gasteiger partial charge in [-0.2, -0.15) is 5.06 Å². The molecule has 5 nitrogen and oxygen atoms in total. The molecule has 0 radical (unpaired) electrons. The maximum absolute atomic E-state index is 11.5. The van der Waals surface area contributed by atoms with Crippen molar-refractivity contribution in [1.82, 2.24) is 10.0 Å². The Labute approximate surface area is 104 Å². The predicted molar refractivity (Wildman–Crippen MR) is 64.0 cm³/mol. The van der Waals surface area contributed by atoms with Crippen molar-refractivity contribution in [3.05, 3.63) is 60.4 Å². The molecule has 0 aliphatic rings. The molecular weight excluding hydrogens is 232 g/mol. The highest BCUT2D eigenvalue weighted by molar-refractivity contribution is 5.69. The number of nitrogens with zero attached hydrogens (tertiary/aromatic N) is 2. The molecule has 18 heavy (non-hydrogen) atoms. The maximum atomic E-state index is 11.5. The average Bonchev–Trinajstić information content (AvgIpc) is 2.41. The van der Waals surface area contributed by atoms with Crippen LogP contribution in [0.3, 0.4) is 0 Å². The summed E-state index contributed by atoms with van der Waals surface area (Å²) in [6, 6.07) is 13.8. The van der Waals surface area contributed by atoms with E-state index in [1.165, 1.54) is 0 Å². The van der Waals surface area contributed by atoms with Gasteiger partial charge in [-0.1, -0.05) is 24.3 Å². The first kappa shape index (κ1) is 12.1. The first-order valence-electron chi connectivity index (χ1n) is 5.39. The molecule has 0 unspecified atom stereocenters. The van der Waals surface area contributed by atoms with Crippen LogP contribution in [0.25, 0.3) is 0 Å². The number of amides is 1. The van der Waals surface area contributed by atoms with Gasteiger partial charge < -0.3 is 4.74 Å². The summed E-state index contributed by atoms with van der Waals surface area (Å²) in [6.45, 7) is -0.0213. The molecule has 5 heteroatoms. The van der Waals surface area contributed by atoms with Crippen molar-refractivity contribution in [3.63, 3.8) is 0 Å². The molecule has 1 amide bonds. The zero-order valence-corrected chi connectivity index (χ0v) is 9.56. The van der Waals surface area contributed by atoms with E-state index in [-0.39, 0.29) is 6.54 Å². The van der Waals surface area contributed by atoms with Gasteiger partial charge in [0.1, 0.15) is 5.75 Å². The van der Waals surface area contributed by atoms with Gasteiger partial charge in [0.2, 0.25) is 0 Å². The van der Waals surface area contributed by atoms with E-state index in [0.717, 1.165) is 0 Å². The number of benzene rings is 1. The van der Waals surface area contributed by atoms with Gasteiger partial charge in [-0.05, 0) is 24.3 Å². The number of hydrogen-bond acceptors (Lipinski definition) is 4. The minimum Gasteiger partial charge on any atom is -0.409 e. The van der Waals surface area contributed by atoms with Crippen LogP contribution >= 0.6 is 0 Å². The van der Waals surface area contributed by atoms with Gasteiger partial charge in [-0.25, -0.2) is 4.79 Å². The van der Waals surface area contributed by atoms with Gasteiger partial charge >= 0.3 is 6.09 Å². The van der Waals surface area contributed by atoms with Crippen LogP contribution in [-0.4, -0.2) is 21.3 Å². The van der Waals surface area contributed by atoms with E-state index in [0.29, 0.717) is 16.5 Å². The number of carbonyl (C=O) groups is 1. The number of pyridine rings is 1. The highest BCUT2D eigenvalue weighted by Crippen LogP contribution is 2.10. The fraction of sp³-hybridized carbons (Fsp3) is 0.0769. The number of rotatable bonds is 3. The molecule has 0 saturated carbocycles. The summed E-state index contributed by atoms with van der Waals surface area (Å²) in [5.74, 6) is 0.377. The van der Waals surface area contributed by atoms with Crippen LogP contribution in [0.15, 0.2) is 54.7 Å². The second-order valence-corrected chi connectivity index (χ2v) is 3.56. The molecule has 0 saturated heterocycles. The van der Waals surface area contributed by atoms with Crippen LogP contribution in [0.2, 0.25) is 0 Å². The third kappa shape index (κ3) is 3.29. The van der Waals surface area contributed by atoms with E-state index in [1.807, 2.05) is 6.07 Å². The zero-order chi connectivity index (χ0) is 12.8. The lowest BCUT2D eigenvalue weighted by Crippen LogP contribution is -2.30. The Hall–Kier alpha value is -2.40. The monoisotopic (exact) mass is 244 g/mol.